The van der Waals surface area contributed by atoms with Gasteiger partial charge in [0.2, 0.25) is 0 Å². The highest BCUT2D eigenvalue weighted by Gasteiger charge is 2.09. The van der Waals surface area contributed by atoms with Crippen LogP contribution in [0.1, 0.15) is 19.8 Å². The normalized spacial score (nSPS) is 10.1. The third kappa shape index (κ3) is 3.33. The summed E-state index contributed by atoms with van der Waals surface area (Å²) in [4.78, 5) is 16.6. The molecule has 14 heavy (non-hydrogen) atoms. The lowest BCUT2D eigenvalue weighted by Crippen LogP contribution is -2.26. The van der Waals surface area contributed by atoms with Gasteiger partial charge >= 0.3 is 5.97 Å². The van der Waals surface area contributed by atoms with Gasteiger partial charge in [-0.25, -0.2) is 4.98 Å². The number of thiazole rings is 1. The molecule has 1 rings (SSSR count). The Morgan fingerprint density at radius 3 is 2.93 bits per heavy atom. The summed E-state index contributed by atoms with van der Waals surface area (Å²) in [5.74, 6) is -0.761. The van der Waals surface area contributed by atoms with Crippen LogP contribution in [0.3, 0.4) is 0 Å². The molecule has 1 aromatic rings. The van der Waals surface area contributed by atoms with Crippen molar-refractivity contribution in [1.29, 1.82) is 0 Å². The summed E-state index contributed by atoms with van der Waals surface area (Å²) in [6.45, 7) is 3.47. The van der Waals surface area contributed by atoms with Gasteiger partial charge in [0.15, 0.2) is 5.13 Å². The number of aromatic nitrogens is 1. The van der Waals surface area contributed by atoms with Gasteiger partial charge in [0.25, 0.3) is 0 Å². The first-order chi connectivity index (χ1) is 6.74. The lowest BCUT2D eigenvalue weighted by Gasteiger charge is -2.19. The van der Waals surface area contributed by atoms with E-state index in [2.05, 4.69) is 11.9 Å². The smallest absolute Gasteiger partial charge is 0.305 e. The molecule has 0 aliphatic rings. The standard InChI is InChI=1S/C9H14N2O2S/c1-2-5-11(6-3-8(12)13)9-10-4-7-14-9/h4,7H,2-3,5-6H2,1H3,(H,12,13). The number of carboxylic acid groups (broad SMARTS) is 1. The highest BCUT2D eigenvalue weighted by Crippen LogP contribution is 2.17. The molecule has 0 spiro atoms. The molecule has 0 saturated heterocycles. The highest BCUT2D eigenvalue weighted by atomic mass is 32.1. The maximum atomic E-state index is 10.4. The molecule has 0 fully saturated rings. The first kappa shape index (κ1) is 11.0. The van der Waals surface area contributed by atoms with Crippen LogP contribution in [-0.4, -0.2) is 29.1 Å². The second kappa shape index (κ2) is 5.59. The van der Waals surface area contributed by atoms with Gasteiger partial charge in [-0.05, 0) is 6.42 Å². The topological polar surface area (TPSA) is 53.4 Å². The molecule has 0 atom stereocenters. The predicted molar refractivity (Wildman–Crippen MR) is 56.9 cm³/mol. The van der Waals surface area contributed by atoms with E-state index in [4.69, 9.17) is 5.11 Å². The van der Waals surface area contributed by atoms with Crippen molar-refractivity contribution in [3.63, 3.8) is 0 Å². The summed E-state index contributed by atoms with van der Waals surface area (Å²) >= 11 is 1.54. The zero-order chi connectivity index (χ0) is 10.4. The average molecular weight is 214 g/mol. The molecule has 0 aromatic carbocycles. The van der Waals surface area contributed by atoms with Crippen molar-refractivity contribution >= 4 is 22.4 Å². The second-order valence-electron chi connectivity index (χ2n) is 2.95. The molecule has 0 unspecified atom stereocenters. The molecule has 78 valence electrons. The number of carboxylic acids is 1. The van der Waals surface area contributed by atoms with Gasteiger partial charge in [0.05, 0.1) is 6.42 Å². The van der Waals surface area contributed by atoms with Crippen LogP contribution >= 0.6 is 11.3 Å². The van der Waals surface area contributed by atoms with Crippen LogP contribution in [0, 0.1) is 0 Å². The lowest BCUT2D eigenvalue weighted by molar-refractivity contribution is -0.136. The first-order valence-corrected chi connectivity index (χ1v) is 5.48. The molecule has 0 aliphatic heterocycles. The lowest BCUT2D eigenvalue weighted by atomic mass is 10.3. The van der Waals surface area contributed by atoms with Crippen molar-refractivity contribution < 1.29 is 9.90 Å². The summed E-state index contributed by atoms with van der Waals surface area (Å²) < 4.78 is 0. The third-order valence-corrected chi connectivity index (χ3v) is 2.61. The van der Waals surface area contributed by atoms with Gasteiger partial charge in [0, 0.05) is 24.7 Å². The van der Waals surface area contributed by atoms with Crippen molar-refractivity contribution in [2.75, 3.05) is 18.0 Å². The van der Waals surface area contributed by atoms with E-state index in [0.717, 1.165) is 18.1 Å². The minimum atomic E-state index is -0.761. The first-order valence-electron chi connectivity index (χ1n) is 4.60. The quantitative estimate of drug-likeness (QED) is 0.785. The average Bonchev–Trinajstić information content (AvgIpc) is 2.64. The van der Waals surface area contributed by atoms with Crippen LogP contribution < -0.4 is 4.90 Å². The Morgan fingerprint density at radius 2 is 2.43 bits per heavy atom. The molecule has 0 saturated carbocycles. The predicted octanol–water partition coefficient (Wildman–Crippen LogP) is 1.83. The molecule has 5 heteroatoms. The molecule has 0 radical (unpaired) electrons. The Morgan fingerprint density at radius 1 is 1.64 bits per heavy atom. The number of aliphatic carboxylic acids is 1. The Bertz CT molecular complexity index is 274. The van der Waals surface area contributed by atoms with Gasteiger partial charge in [-0.2, -0.15) is 0 Å². The van der Waals surface area contributed by atoms with Crippen LogP contribution in [-0.2, 0) is 4.79 Å². The van der Waals surface area contributed by atoms with E-state index in [1.54, 1.807) is 17.5 Å². The largest absolute Gasteiger partial charge is 0.481 e. The van der Waals surface area contributed by atoms with E-state index >= 15 is 0 Å². The SMILES string of the molecule is CCCN(CCC(=O)O)c1nccs1. The maximum Gasteiger partial charge on any atom is 0.305 e. The van der Waals surface area contributed by atoms with E-state index in [9.17, 15) is 4.79 Å². The molecule has 1 heterocycles. The number of hydrogen-bond acceptors (Lipinski definition) is 4. The van der Waals surface area contributed by atoms with Crippen LogP contribution in [0.5, 0.6) is 0 Å². The van der Waals surface area contributed by atoms with E-state index < -0.39 is 5.97 Å². The molecule has 1 N–H and O–H groups in total. The van der Waals surface area contributed by atoms with Crippen LogP contribution in [0.4, 0.5) is 5.13 Å². The number of hydrogen-bond donors (Lipinski definition) is 1. The molecule has 4 nitrogen and oxygen atoms in total. The summed E-state index contributed by atoms with van der Waals surface area (Å²) in [6, 6.07) is 0. The third-order valence-electron chi connectivity index (χ3n) is 1.78. The Labute approximate surface area is 87.2 Å². The molecule has 1 aromatic heterocycles. The van der Waals surface area contributed by atoms with Crippen LogP contribution in [0.15, 0.2) is 11.6 Å². The molecule has 0 aliphatic carbocycles. The summed E-state index contributed by atoms with van der Waals surface area (Å²) in [6.07, 6.45) is 2.90. The number of carbonyl (C=O) groups is 1. The second-order valence-corrected chi connectivity index (χ2v) is 3.82. The van der Waals surface area contributed by atoms with E-state index in [1.807, 2.05) is 10.3 Å². The van der Waals surface area contributed by atoms with E-state index in [-0.39, 0.29) is 6.42 Å². The fourth-order valence-electron chi connectivity index (χ4n) is 1.18. The van der Waals surface area contributed by atoms with Gasteiger partial charge in [-0.3, -0.25) is 4.79 Å². The molecule has 0 amide bonds. The van der Waals surface area contributed by atoms with Gasteiger partial charge in [-0.15, -0.1) is 11.3 Å². The van der Waals surface area contributed by atoms with Crippen LogP contribution in [0.2, 0.25) is 0 Å². The fourth-order valence-corrected chi connectivity index (χ4v) is 1.87. The van der Waals surface area contributed by atoms with Crippen LogP contribution in [0.25, 0.3) is 0 Å². The summed E-state index contributed by atoms with van der Waals surface area (Å²) in [5, 5.41) is 11.4. The highest BCUT2D eigenvalue weighted by molar-refractivity contribution is 7.13. The van der Waals surface area contributed by atoms with Gasteiger partial charge < -0.3 is 10.0 Å². The zero-order valence-electron chi connectivity index (χ0n) is 8.14. The van der Waals surface area contributed by atoms with Crippen molar-refractivity contribution in [3.05, 3.63) is 11.6 Å². The number of rotatable bonds is 6. The zero-order valence-corrected chi connectivity index (χ0v) is 8.96. The van der Waals surface area contributed by atoms with Crippen molar-refractivity contribution in [1.82, 2.24) is 4.98 Å². The van der Waals surface area contributed by atoms with Gasteiger partial charge in [-0.1, -0.05) is 6.92 Å². The fraction of sp³-hybridized carbons (Fsp3) is 0.556. The maximum absolute atomic E-state index is 10.4. The monoisotopic (exact) mass is 214 g/mol. The van der Waals surface area contributed by atoms with E-state index in [1.165, 1.54) is 0 Å². The Hall–Kier alpha value is -1.10. The van der Waals surface area contributed by atoms with Crippen molar-refractivity contribution in [3.8, 4) is 0 Å². The molecular formula is C9H14N2O2S. The van der Waals surface area contributed by atoms with Crippen molar-refractivity contribution in [2.24, 2.45) is 0 Å². The Balaban J connectivity index is 2.51. The number of anilines is 1. The number of nitrogens with zero attached hydrogens (tertiary/aromatic N) is 2. The summed E-state index contributed by atoms with van der Waals surface area (Å²) in [7, 11) is 0. The van der Waals surface area contributed by atoms with Gasteiger partial charge in [0.1, 0.15) is 0 Å². The summed E-state index contributed by atoms with van der Waals surface area (Å²) in [5.41, 5.74) is 0. The molecule has 0 bridgehead atoms. The minimum absolute atomic E-state index is 0.166. The van der Waals surface area contributed by atoms with E-state index in [0.29, 0.717) is 6.54 Å². The minimum Gasteiger partial charge on any atom is -0.481 e. The Kier molecular flexibility index (Phi) is 4.39. The molecular weight excluding hydrogens is 200 g/mol. The van der Waals surface area contributed by atoms with Crippen molar-refractivity contribution in [2.45, 2.75) is 19.8 Å².